The Morgan fingerprint density at radius 3 is 1.47 bits per heavy atom. The van der Waals surface area contributed by atoms with Gasteiger partial charge in [-0.05, 0) is 0 Å². The standard InChI is InChI=1S/C7H2F10O2/c8-1-2(5(9,10)11)3(18)19-4(6(12,13)14)7(15,16)17/h1,4H/b2-1-. The van der Waals surface area contributed by atoms with Crippen LogP contribution in [0.5, 0.6) is 0 Å². The van der Waals surface area contributed by atoms with Gasteiger partial charge in [0.2, 0.25) is 0 Å². The van der Waals surface area contributed by atoms with Gasteiger partial charge in [0.15, 0.2) is 5.57 Å². The largest absolute Gasteiger partial charge is 0.439 e. The Hall–Kier alpha value is -1.49. The summed E-state index contributed by atoms with van der Waals surface area (Å²) in [7, 11) is 0. The topological polar surface area (TPSA) is 26.3 Å². The summed E-state index contributed by atoms with van der Waals surface area (Å²) in [6, 6.07) is 0. The summed E-state index contributed by atoms with van der Waals surface area (Å²) in [6.45, 7) is 0. The number of hydrogen-bond donors (Lipinski definition) is 0. The van der Waals surface area contributed by atoms with Crippen molar-refractivity contribution in [2.24, 2.45) is 0 Å². The Kier molecular flexibility index (Phi) is 4.84. The lowest BCUT2D eigenvalue weighted by molar-refractivity contribution is -0.313. The third-order valence-corrected chi connectivity index (χ3v) is 1.45. The molecule has 0 aliphatic rings. The van der Waals surface area contributed by atoms with Crippen LogP contribution in [0.25, 0.3) is 0 Å². The Morgan fingerprint density at radius 1 is 0.895 bits per heavy atom. The molecule has 0 fully saturated rings. The van der Waals surface area contributed by atoms with Crippen molar-refractivity contribution < 1.29 is 53.4 Å². The number of esters is 1. The fraction of sp³-hybridized carbons (Fsp3) is 0.571. The van der Waals surface area contributed by atoms with E-state index < -0.39 is 42.5 Å². The van der Waals surface area contributed by atoms with E-state index in [4.69, 9.17) is 0 Å². The maximum absolute atomic E-state index is 11.8. The smallest absolute Gasteiger partial charge is 0.434 e. The molecule has 0 radical (unpaired) electrons. The molecule has 0 atom stereocenters. The minimum atomic E-state index is -6.19. The first-order chi connectivity index (χ1) is 8.21. The molecule has 0 amide bonds. The molecule has 0 aromatic heterocycles. The zero-order chi connectivity index (χ0) is 15.6. The summed E-state index contributed by atoms with van der Waals surface area (Å²) in [6.07, 6.45) is -24.5. The van der Waals surface area contributed by atoms with Crippen LogP contribution < -0.4 is 0 Å². The average molecular weight is 308 g/mol. The second kappa shape index (κ2) is 5.25. The molecule has 2 nitrogen and oxygen atoms in total. The summed E-state index contributed by atoms with van der Waals surface area (Å²) in [5.74, 6) is -3.13. The summed E-state index contributed by atoms with van der Waals surface area (Å²) < 4.78 is 121. The second-order valence-corrected chi connectivity index (χ2v) is 2.89. The summed E-state index contributed by atoms with van der Waals surface area (Å²) in [5, 5.41) is 0. The van der Waals surface area contributed by atoms with Crippen LogP contribution in [0.3, 0.4) is 0 Å². The number of ether oxygens (including phenoxy) is 1. The molecule has 0 aromatic rings. The SMILES string of the molecule is O=C(OC(C(F)(F)F)C(F)(F)F)/C(=C/F)C(F)(F)F. The van der Waals surface area contributed by atoms with E-state index in [1.807, 2.05) is 0 Å². The van der Waals surface area contributed by atoms with Crippen molar-refractivity contribution in [3.05, 3.63) is 11.9 Å². The van der Waals surface area contributed by atoms with Crippen LogP contribution in [0, 0.1) is 0 Å². The van der Waals surface area contributed by atoms with Gasteiger partial charge >= 0.3 is 24.5 Å². The Balaban J connectivity index is 5.26. The number of hydrogen-bond acceptors (Lipinski definition) is 2. The number of rotatable bonds is 2. The molecule has 0 saturated heterocycles. The van der Waals surface area contributed by atoms with Crippen molar-refractivity contribution >= 4 is 5.97 Å². The highest BCUT2D eigenvalue weighted by Gasteiger charge is 2.60. The molecule has 0 N–H and O–H groups in total. The molecule has 0 spiro atoms. The Bertz CT molecular complexity index is 346. The molecule has 0 aliphatic carbocycles. The lowest BCUT2D eigenvalue weighted by Gasteiger charge is -2.23. The van der Waals surface area contributed by atoms with E-state index in [-0.39, 0.29) is 0 Å². The van der Waals surface area contributed by atoms with Crippen molar-refractivity contribution in [2.75, 3.05) is 0 Å². The van der Waals surface area contributed by atoms with Gasteiger partial charge in [-0.2, -0.15) is 39.5 Å². The Labute approximate surface area is 97.2 Å². The van der Waals surface area contributed by atoms with Crippen LogP contribution in [0.4, 0.5) is 43.9 Å². The van der Waals surface area contributed by atoms with E-state index in [0.29, 0.717) is 0 Å². The lowest BCUT2D eigenvalue weighted by atomic mass is 10.3. The van der Waals surface area contributed by atoms with Gasteiger partial charge in [0.05, 0.1) is 0 Å². The highest BCUT2D eigenvalue weighted by atomic mass is 19.4. The van der Waals surface area contributed by atoms with Crippen LogP contribution in [0.1, 0.15) is 0 Å². The molecule has 0 heterocycles. The summed E-state index contributed by atoms with van der Waals surface area (Å²) in [5.41, 5.74) is -2.92. The summed E-state index contributed by atoms with van der Waals surface area (Å²) in [4.78, 5) is 10.5. The third kappa shape index (κ3) is 4.95. The monoisotopic (exact) mass is 308 g/mol. The molecular weight excluding hydrogens is 306 g/mol. The van der Waals surface area contributed by atoms with Crippen molar-refractivity contribution in [1.82, 2.24) is 0 Å². The van der Waals surface area contributed by atoms with Crippen LogP contribution in [-0.4, -0.2) is 30.6 Å². The van der Waals surface area contributed by atoms with E-state index in [9.17, 15) is 48.7 Å². The molecule has 0 saturated carbocycles. The van der Waals surface area contributed by atoms with Gasteiger partial charge in [-0.25, -0.2) is 9.18 Å². The van der Waals surface area contributed by atoms with E-state index in [2.05, 4.69) is 4.74 Å². The quantitative estimate of drug-likeness (QED) is 0.444. The number of carbonyl (C=O) groups is 1. The van der Waals surface area contributed by atoms with Gasteiger partial charge in [-0.1, -0.05) is 0 Å². The fourth-order valence-corrected chi connectivity index (χ4v) is 0.712. The fourth-order valence-electron chi connectivity index (χ4n) is 0.712. The molecule has 112 valence electrons. The minimum absolute atomic E-state index is 1.49. The maximum atomic E-state index is 11.8. The zero-order valence-electron chi connectivity index (χ0n) is 8.25. The normalized spacial score (nSPS) is 14.8. The molecular formula is C7H2F10O2. The highest BCUT2D eigenvalue weighted by Crippen LogP contribution is 2.37. The van der Waals surface area contributed by atoms with Crippen molar-refractivity contribution in [3.8, 4) is 0 Å². The molecule has 0 rings (SSSR count). The first kappa shape index (κ1) is 17.5. The van der Waals surface area contributed by atoms with Crippen LogP contribution in [-0.2, 0) is 9.53 Å². The minimum Gasteiger partial charge on any atom is -0.439 e. The van der Waals surface area contributed by atoms with E-state index in [0.717, 1.165) is 0 Å². The maximum Gasteiger partial charge on any atom is 0.434 e. The van der Waals surface area contributed by atoms with Crippen molar-refractivity contribution in [3.63, 3.8) is 0 Å². The van der Waals surface area contributed by atoms with Crippen LogP contribution in [0.2, 0.25) is 0 Å². The number of carbonyl (C=O) groups excluding carboxylic acids is 1. The van der Waals surface area contributed by atoms with Crippen LogP contribution >= 0.6 is 0 Å². The van der Waals surface area contributed by atoms with Crippen LogP contribution in [0.15, 0.2) is 11.9 Å². The molecule has 0 aromatic carbocycles. The predicted molar refractivity (Wildman–Crippen MR) is 37.2 cm³/mol. The number of alkyl halides is 9. The second-order valence-electron chi connectivity index (χ2n) is 2.89. The molecule has 0 unspecified atom stereocenters. The van der Waals surface area contributed by atoms with Gasteiger partial charge in [-0.15, -0.1) is 0 Å². The lowest BCUT2D eigenvalue weighted by Crippen LogP contribution is -2.46. The van der Waals surface area contributed by atoms with Gasteiger partial charge < -0.3 is 4.74 Å². The summed E-state index contributed by atoms with van der Waals surface area (Å²) >= 11 is 0. The molecule has 0 aliphatic heterocycles. The van der Waals surface area contributed by atoms with Gasteiger partial charge in [0.25, 0.3) is 6.10 Å². The average Bonchev–Trinajstić information content (AvgIpc) is 2.09. The van der Waals surface area contributed by atoms with E-state index in [1.165, 1.54) is 0 Å². The molecule has 0 bridgehead atoms. The van der Waals surface area contributed by atoms with E-state index >= 15 is 0 Å². The first-order valence-corrected chi connectivity index (χ1v) is 3.93. The molecule has 19 heavy (non-hydrogen) atoms. The third-order valence-electron chi connectivity index (χ3n) is 1.45. The Morgan fingerprint density at radius 2 is 1.26 bits per heavy atom. The van der Waals surface area contributed by atoms with Crippen molar-refractivity contribution in [1.29, 1.82) is 0 Å². The van der Waals surface area contributed by atoms with Crippen molar-refractivity contribution in [2.45, 2.75) is 24.6 Å². The van der Waals surface area contributed by atoms with Gasteiger partial charge in [-0.3, -0.25) is 0 Å². The zero-order valence-corrected chi connectivity index (χ0v) is 8.25. The highest BCUT2D eigenvalue weighted by molar-refractivity contribution is 5.89. The molecule has 12 heteroatoms. The van der Waals surface area contributed by atoms with Gasteiger partial charge in [0.1, 0.15) is 6.33 Å². The number of halogens is 10. The first-order valence-electron chi connectivity index (χ1n) is 3.93. The van der Waals surface area contributed by atoms with Gasteiger partial charge in [0, 0.05) is 0 Å². The van der Waals surface area contributed by atoms with E-state index in [1.54, 1.807) is 0 Å². The predicted octanol–water partition coefficient (Wildman–Crippen LogP) is 3.44.